The summed E-state index contributed by atoms with van der Waals surface area (Å²) in [6, 6.07) is 2.66. The van der Waals surface area contributed by atoms with Crippen LogP contribution in [-0.4, -0.2) is 14.5 Å². The minimum atomic E-state index is -4.70. The fourth-order valence-electron chi connectivity index (χ4n) is 2.45. The van der Waals surface area contributed by atoms with E-state index >= 15 is 0 Å². The third-order valence-electron chi connectivity index (χ3n) is 3.46. The van der Waals surface area contributed by atoms with Gasteiger partial charge in [-0.1, -0.05) is 30.9 Å². The molecular formula is C13H16ClF3N2O2S. The van der Waals surface area contributed by atoms with Gasteiger partial charge in [-0.25, -0.2) is 0 Å². The average Bonchev–Trinajstić information content (AvgIpc) is 2.40. The smallest absolute Gasteiger partial charge is 0.270 e. The zero-order valence-electron chi connectivity index (χ0n) is 11.6. The minimum Gasteiger partial charge on any atom is -0.270 e. The Hall–Kier alpha value is -0.990. The summed E-state index contributed by atoms with van der Waals surface area (Å²) in [5.74, 6) is 0. The Morgan fingerprint density at radius 3 is 2.36 bits per heavy atom. The van der Waals surface area contributed by atoms with Crippen LogP contribution in [0.3, 0.4) is 0 Å². The molecule has 0 unspecified atom stereocenters. The van der Waals surface area contributed by atoms with Crippen molar-refractivity contribution in [2.24, 2.45) is 0 Å². The summed E-state index contributed by atoms with van der Waals surface area (Å²) in [7, 11) is -4.07. The molecule has 9 heteroatoms. The van der Waals surface area contributed by atoms with E-state index in [0.717, 1.165) is 25.3 Å². The predicted octanol–water partition coefficient (Wildman–Crippen LogP) is 3.94. The van der Waals surface area contributed by atoms with E-state index in [0.29, 0.717) is 18.9 Å². The highest BCUT2D eigenvalue weighted by molar-refractivity contribution is 7.90. The largest absolute Gasteiger partial charge is 0.418 e. The lowest BCUT2D eigenvalue weighted by Crippen LogP contribution is -2.40. The molecule has 0 heterocycles. The molecule has 1 aromatic carbocycles. The van der Waals surface area contributed by atoms with Gasteiger partial charge in [-0.3, -0.25) is 4.72 Å². The summed E-state index contributed by atoms with van der Waals surface area (Å²) in [4.78, 5) is 0. The van der Waals surface area contributed by atoms with Gasteiger partial charge in [0.05, 0.1) is 11.3 Å². The maximum absolute atomic E-state index is 12.9. The van der Waals surface area contributed by atoms with Gasteiger partial charge >= 0.3 is 6.18 Å². The van der Waals surface area contributed by atoms with Crippen LogP contribution in [-0.2, 0) is 16.4 Å². The molecule has 1 aliphatic rings. The van der Waals surface area contributed by atoms with E-state index in [2.05, 4.69) is 4.72 Å². The molecule has 0 radical (unpaired) electrons. The van der Waals surface area contributed by atoms with Crippen LogP contribution in [0.4, 0.5) is 18.9 Å². The molecule has 4 nitrogen and oxygen atoms in total. The normalized spacial score (nSPS) is 17.5. The SMILES string of the molecule is O=S(=O)(Nc1ccc(Cl)cc1C(F)(F)F)NC1CCCCC1. The monoisotopic (exact) mass is 356 g/mol. The van der Waals surface area contributed by atoms with Gasteiger partial charge in [-0.05, 0) is 31.0 Å². The Labute approximate surface area is 132 Å². The molecule has 0 aliphatic heterocycles. The summed E-state index contributed by atoms with van der Waals surface area (Å²) in [5, 5.41) is -0.115. The van der Waals surface area contributed by atoms with E-state index in [1.54, 1.807) is 0 Å². The molecule has 124 valence electrons. The van der Waals surface area contributed by atoms with Crippen LogP contribution in [0.1, 0.15) is 37.7 Å². The first-order valence-electron chi connectivity index (χ1n) is 6.84. The van der Waals surface area contributed by atoms with E-state index in [4.69, 9.17) is 11.6 Å². The Morgan fingerprint density at radius 1 is 1.14 bits per heavy atom. The molecular weight excluding hydrogens is 341 g/mol. The van der Waals surface area contributed by atoms with Crippen LogP contribution in [0, 0.1) is 0 Å². The highest BCUT2D eigenvalue weighted by Crippen LogP contribution is 2.36. The second-order valence-corrected chi connectivity index (χ2v) is 7.13. The predicted molar refractivity (Wildman–Crippen MR) is 79.0 cm³/mol. The first-order chi connectivity index (χ1) is 10.2. The number of anilines is 1. The van der Waals surface area contributed by atoms with Crippen molar-refractivity contribution in [1.82, 2.24) is 4.72 Å². The zero-order valence-corrected chi connectivity index (χ0v) is 13.2. The van der Waals surface area contributed by atoms with Crippen LogP contribution < -0.4 is 9.44 Å². The van der Waals surface area contributed by atoms with Gasteiger partial charge in [-0.2, -0.15) is 26.3 Å². The molecule has 2 N–H and O–H groups in total. The van der Waals surface area contributed by atoms with Crippen molar-refractivity contribution in [3.05, 3.63) is 28.8 Å². The number of alkyl halides is 3. The van der Waals surface area contributed by atoms with Crippen molar-refractivity contribution in [3.63, 3.8) is 0 Å². The summed E-state index contributed by atoms with van der Waals surface area (Å²) < 4.78 is 67.2. The first kappa shape index (κ1) is 17.4. The van der Waals surface area contributed by atoms with Crippen molar-refractivity contribution >= 4 is 27.5 Å². The Morgan fingerprint density at radius 2 is 1.77 bits per heavy atom. The van der Waals surface area contributed by atoms with Gasteiger partial charge in [0.25, 0.3) is 10.2 Å². The van der Waals surface area contributed by atoms with Crippen molar-refractivity contribution in [1.29, 1.82) is 0 Å². The number of hydrogen-bond donors (Lipinski definition) is 2. The standard InChI is InChI=1S/C13H16ClF3N2O2S/c14-9-6-7-12(11(8-9)13(15,16)17)19-22(20,21)18-10-4-2-1-3-5-10/h6-8,10,18-19H,1-5H2. The van der Waals surface area contributed by atoms with Gasteiger partial charge in [-0.15, -0.1) is 0 Å². The van der Waals surface area contributed by atoms with Crippen molar-refractivity contribution < 1.29 is 21.6 Å². The van der Waals surface area contributed by atoms with Crippen molar-refractivity contribution in [2.45, 2.75) is 44.3 Å². The Kier molecular flexibility index (Phi) is 5.24. The van der Waals surface area contributed by atoms with Crippen molar-refractivity contribution in [2.75, 3.05) is 4.72 Å². The summed E-state index contributed by atoms with van der Waals surface area (Å²) in [6.45, 7) is 0. The highest BCUT2D eigenvalue weighted by Gasteiger charge is 2.35. The summed E-state index contributed by atoms with van der Waals surface area (Å²) in [6.07, 6.45) is -0.472. The summed E-state index contributed by atoms with van der Waals surface area (Å²) >= 11 is 5.56. The molecule has 0 amide bonds. The second-order valence-electron chi connectivity index (χ2n) is 5.25. The fraction of sp³-hybridized carbons (Fsp3) is 0.538. The number of hydrogen-bond acceptors (Lipinski definition) is 2. The van der Waals surface area contributed by atoms with Gasteiger partial charge in [0, 0.05) is 11.1 Å². The maximum Gasteiger partial charge on any atom is 0.418 e. The van der Waals surface area contributed by atoms with E-state index in [1.165, 1.54) is 6.07 Å². The third kappa shape index (κ3) is 4.76. The van der Waals surface area contributed by atoms with E-state index in [-0.39, 0.29) is 11.1 Å². The second kappa shape index (κ2) is 6.64. The van der Waals surface area contributed by atoms with Crippen LogP contribution in [0.5, 0.6) is 0 Å². The molecule has 0 aromatic heterocycles. The van der Waals surface area contributed by atoms with Crippen LogP contribution in [0.15, 0.2) is 18.2 Å². The topological polar surface area (TPSA) is 58.2 Å². The quantitative estimate of drug-likeness (QED) is 0.858. The zero-order chi connectivity index (χ0) is 16.4. The van der Waals surface area contributed by atoms with Gasteiger partial charge < -0.3 is 0 Å². The van der Waals surface area contributed by atoms with Crippen molar-refractivity contribution in [3.8, 4) is 0 Å². The van der Waals surface area contributed by atoms with Gasteiger partial charge in [0.2, 0.25) is 0 Å². The molecule has 1 fully saturated rings. The number of rotatable bonds is 4. The molecule has 0 spiro atoms. The highest BCUT2D eigenvalue weighted by atomic mass is 35.5. The van der Waals surface area contributed by atoms with E-state index < -0.39 is 27.6 Å². The molecule has 2 rings (SSSR count). The van der Waals surface area contributed by atoms with E-state index in [9.17, 15) is 21.6 Å². The number of halogens is 4. The Bertz CT molecular complexity index is 629. The minimum absolute atomic E-state index is 0.115. The maximum atomic E-state index is 12.9. The number of benzene rings is 1. The first-order valence-corrected chi connectivity index (χ1v) is 8.70. The summed E-state index contributed by atoms with van der Waals surface area (Å²) in [5.41, 5.74) is -1.66. The lowest BCUT2D eigenvalue weighted by molar-refractivity contribution is -0.136. The lowest BCUT2D eigenvalue weighted by atomic mass is 9.96. The molecule has 22 heavy (non-hydrogen) atoms. The molecule has 1 aromatic rings. The molecule has 0 saturated heterocycles. The lowest BCUT2D eigenvalue weighted by Gasteiger charge is -2.23. The van der Waals surface area contributed by atoms with E-state index in [1.807, 2.05) is 4.72 Å². The third-order valence-corrected chi connectivity index (χ3v) is 4.83. The van der Waals surface area contributed by atoms with Crippen LogP contribution >= 0.6 is 11.6 Å². The molecule has 0 bridgehead atoms. The van der Waals surface area contributed by atoms with Gasteiger partial charge in [0.15, 0.2) is 0 Å². The van der Waals surface area contributed by atoms with Crippen LogP contribution in [0.2, 0.25) is 5.02 Å². The molecule has 1 aliphatic carbocycles. The fourth-order valence-corrected chi connectivity index (χ4v) is 3.83. The van der Waals surface area contributed by atoms with Crippen LogP contribution in [0.25, 0.3) is 0 Å². The Balaban J connectivity index is 2.18. The number of nitrogens with one attached hydrogen (secondary N) is 2. The molecule has 1 saturated carbocycles. The average molecular weight is 357 g/mol. The molecule has 0 atom stereocenters. The van der Waals surface area contributed by atoms with Gasteiger partial charge in [0.1, 0.15) is 0 Å².